The second-order valence-corrected chi connectivity index (χ2v) is 7.21. The van der Waals surface area contributed by atoms with Gasteiger partial charge in [-0.3, -0.25) is 4.90 Å². The summed E-state index contributed by atoms with van der Waals surface area (Å²) in [5.74, 6) is 2.55. The second kappa shape index (κ2) is 9.63. The number of nitrogens with zero attached hydrogens (tertiary/aromatic N) is 1. The molecule has 0 aromatic heterocycles. The zero-order chi connectivity index (χ0) is 18.2. The molecule has 2 atom stereocenters. The Hall–Kier alpha value is -2.00. The fourth-order valence-electron chi connectivity index (χ4n) is 4.30. The lowest BCUT2D eigenvalue weighted by Crippen LogP contribution is -2.34. The Morgan fingerprint density at radius 3 is 2.08 bits per heavy atom. The van der Waals surface area contributed by atoms with Gasteiger partial charge in [-0.1, -0.05) is 55.3 Å². The van der Waals surface area contributed by atoms with E-state index in [-0.39, 0.29) is 0 Å². The summed E-state index contributed by atoms with van der Waals surface area (Å²) in [6.45, 7) is 2.49. The predicted octanol–water partition coefficient (Wildman–Crippen LogP) is 5.15. The molecule has 0 N–H and O–H groups in total. The molecule has 3 nitrogen and oxygen atoms in total. The van der Waals surface area contributed by atoms with Gasteiger partial charge < -0.3 is 9.47 Å². The molecular weight excluding hydrogens is 322 g/mol. The largest absolute Gasteiger partial charge is 0.493 e. The second-order valence-electron chi connectivity index (χ2n) is 7.21. The molecule has 1 heterocycles. The molecule has 1 saturated heterocycles. The van der Waals surface area contributed by atoms with Crippen LogP contribution in [0.3, 0.4) is 0 Å². The number of para-hydroxylation sites is 2. The maximum Gasteiger partial charge on any atom is 0.160 e. The number of hydrogen-bond donors (Lipinski definition) is 0. The van der Waals surface area contributed by atoms with Crippen LogP contribution in [-0.4, -0.2) is 31.7 Å². The van der Waals surface area contributed by atoms with Crippen molar-refractivity contribution in [2.45, 2.75) is 44.7 Å². The highest BCUT2D eigenvalue weighted by molar-refractivity contribution is 5.39. The average Bonchev–Trinajstić information content (AvgIpc) is 3.12. The smallest absolute Gasteiger partial charge is 0.160 e. The third-order valence-electron chi connectivity index (χ3n) is 5.64. The Labute approximate surface area is 157 Å². The van der Waals surface area contributed by atoms with Gasteiger partial charge in [0.05, 0.1) is 14.2 Å². The highest BCUT2D eigenvalue weighted by Gasteiger charge is 2.35. The molecule has 0 radical (unpaired) electrons. The van der Waals surface area contributed by atoms with E-state index in [1.54, 1.807) is 14.2 Å². The number of ether oxygens (including phenoxy) is 2. The molecule has 0 spiro atoms. The number of benzene rings is 2. The van der Waals surface area contributed by atoms with Crippen molar-refractivity contribution in [1.29, 1.82) is 0 Å². The Kier molecular flexibility index (Phi) is 6.96. The van der Waals surface area contributed by atoms with Gasteiger partial charge in [-0.25, -0.2) is 0 Å². The number of hydrogen-bond acceptors (Lipinski definition) is 3. The van der Waals surface area contributed by atoms with E-state index in [0.29, 0.717) is 0 Å². The summed E-state index contributed by atoms with van der Waals surface area (Å²) in [6.07, 6.45) is 7.29. The van der Waals surface area contributed by atoms with Crippen LogP contribution < -0.4 is 9.47 Å². The lowest BCUT2D eigenvalue weighted by atomic mass is 9.85. The van der Waals surface area contributed by atoms with Crippen LogP contribution >= 0.6 is 0 Å². The highest BCUT2D eigenvalue weighted by Crippen LogP contribution is 2.36. The molecular formula is C23H31NO2. The van der Waals surface area contributed by atoms with Crippen molar-refractivity contribution in [2.24, 2.45) is 5.92 Å². The van der Waals surface area contributed by atoms with Gasteiger partial charge in [-0.15, -0.1) is 0 Å². The fraction of sp³-hybridized carbons (Fsp3) is 0.478. The molecule has 2 unspecified atom stereocenters. The molecule has 1 aliphatic heterocycles. The minimum atomic E-state index is 0.769. The molecule has 3 heteroatoms. The SMILES string of the molecule is COc1ccccc1OC.c1ccc(CN2CCC3CCCCC32)cc1. The van der Waals surface area contributed by atoms with Gasteiger partial charge >= 0.3 is 0 Å². The molecule has 1 saturated carbocycles. The molecule has 4 rings (SSSR count). The van der Waals surface area contributed by atoms with Crippen molar-refractivity contribution in [3.8, 4) is 11.5 Å². The van der Waals surface area contributed by atoms with E-state index in [1.807, 2.05) is 24.3 Å². The number of rotatable bonds is 4. The predicted molar refractivity (Wildman–Crippen MR) is 107 cm³/mol. The summed E-state index contributed by atoms with van der Waals surface area (Å²) < 4.78 is 10.0. The maximum atomic E-state index is 5.01. The fourth-order valence-corrected chi connectivity index (χ4v) is 4.30. The van der Waals surface area contributed by atoms with Crippen LogP contribution in [0.2, 0.25) is 0 Å². The van der Waals surface area contributed by atoms with Crippen LogP contribution in [0.5, 0.6) is 11.5 Å². The van der Waals surface area contributed by atoms with Crippen LogP contribution in [0.25, 0.3) is 0 Å². The molecule has 26 heavy (non-hydrogen) atoms. The maximum absolute atomic E-state index is 5.01. The van der Waals surface area contributed by atoms with Gasteiger partial charge in [0.1, 0.15) is 0 Å². The van der Waals surface area contributed by atoms with Crippen molar-refractivity contribution >= 4 is 0 Å². The summed E-state index contributed by atoms with van der Waals surface area (Å²) in [6, 6.07) is 19.4. The van der Waals surface area contributed by atoms with E-state index in [9.17, 15) is 0 Å². The van der Waals surface area contributed by atoms with E-state index in [1.165, 1.54) is 50.8 Å². The molecule has 1 aliphatic carbocycles. The van der Waals surface area contributed by atoms with Gasteiger partial charge in [-0.2, -0.15) is 0 Å². The van der Waals surface area contributed by atoms with Gasteiger partial charge in [0.2, 0.25) is 0 Å². The molecule has 2 fully saturated rings. The number of methoxy groups -OCH3 is 2. The van der Waals surface area contributed by atoms with Gasteiger partial charge in [0, 0.05) is 12.6 Å². The van der Waals surface area contributed by atoms with Crippen molar-refractivity contribution in [3.05, 3.63) is 60.2 Å². The number of likely N-dealkylation sites (tertiary alicyclic amines) is 1. The Bertz CT molecular complexity index is 635. The first kappa shape index (κ1) is 18.8. The molecule has 2 aromatic carbocycles. The lowest BCUT2D eigenvalue weighted by Gasteiger charge is -2.31. The topological polar surface area (TPSA) is 21.7 Å². The van der Waals surface area contributed by atoms with E-state index >= 15 is 0 Å². The molecule has 2 aliphatic rings. The van der Waals surface area contributed by atoms with Gasteiger partial charge in [-0.05, 0) is 49.4 Å². The first-order valence-corrected chi connectivity index (χ1v) is 9.77. The summed E-state index contributed by atoms with van der Waals surface area (Å²) in [4.78, 5) is 2.72. The minimum absolute atomic E-state index is 0.769. The van der Waals surface area contributed by atoms with E-state index < -0.39 is 0 Å². The van der Waals surface area contributed by atoms with Gasteiger partial charge in [0.15, 0.2) is 11.5 Å². The molecule has 140 valence electrons. The first-order chi connectivity index (χ1) is 12.8. The van der Waals surface area contributed by atoms with Crippen LogP contribution in [0.4, 0.5) is 0 Å². The third kappa shape index (κ3) is 4.79. The zero-order valence-electron chi connectivity index (χ0n) is 16.1. The molecule has 0 bridgehead atoms. The van der Waals surface area contributed by atoms with Gasteiger partial charge in [0.25, 0.3) is 0 Å². The number of fused-ring (bicyclic) bond motifs is 1. The van der Waals surface area contributed by atoms with Crippen LogP contribution in [0, 0.1) is 5.92 Å². The quantitative estimate of drug-likeness (QED) is 0.758. The summed E-state index contributed by atoms with van der Waals surface area (Å²) >= 11 is 0. The van der Waals surface area contributed by atoms with Crippen molar-refractivity contribution in [3.63, 3.8) is 0 Å². The molecule has 0 amide bonds. The van der Waals surface area contributed by atoms with Crippen LogP contribution in [0.1, 0.15) is 37.7 Å². The first-order valence-electron chi connectivity index (χ1n) is 9.77. The van der Waals surface area contributed by atoms with Crippen LogP contribution in [-0.2, 0) is 6.54 Å². The Morgan fingerprint density at radius 2 is 1.42 bits per heavy atom. The monoisotopic (exact) mass is 353 g/mol. The van der Waals surface area contributed by atoms with Crippen LogP contribution in [0.15, 0.2) is 54.6 Å². The molecule has 2 aromatic rings. The normalized spacial score (nSPS) is 22.1. The highest BCUT2D eigenvalue weighted by atomic mass is 16.5. The minimum Gasteiger partial charge on any atom is -0.493 e. The zero-order valence-corrected chi connectivity index (χ0v) is 16.1. The summed E-state index contributed by atoms with van der Waals surface area (Å²) in [7, 11) is 3.25. The van der Waals surface area contributed by atoms with Crippen molar-refractivity contribution in [1.82, 2.24) is 4.90 Å². The average molecular weight is 354 g/mol. The Morgan fingerprint density at radius 1 is 0.808 bits per heavy atom. The van der Waals surface area contributed by atoms with E-state index in [2.05, 4.69) is 35.2 Å². The van der Waals surface area contributed by atoms with Crippen molar-refractivity contribution in [2.75, 3.05) is 20.8 Å². The standard InChI is InChI=1S/C15H21N.C8H10O2/c1-2-6-13(7-3-1)12-16-11-10-14-8-4-5-9-15(14)16;1-9-7-5-3-4-6-8(7)10-2/h1-3,6-7,14-15H,4-5,8-12H2;3-6H,1-2H3. The van der Waals surface area contributed by atoms with E-state index in [0.717, 1.165) is 23.5 Å². The van der Waals surface area contributed by atoms with E-state index in [4.69, 9.17) is 9.47 Å². The summed E-state index contributed by atoms with van der Waals surface area (Å²) in [5, 5.41) is 0. The van der Waals surface area contributed by atoms with Crippen molar-refractivity contribution < 1.29 is 9.47 Å². The Balaban J connectivity index is 0.000000170. The third-order valence-corrected chi connectivity index (χ3v) is 5.64. The summed E-state index contributed by atoms with van der Waals surface area (Å²) in [5.41, 5.74) is 1.48. The lowest BCUT2D eigenvalue weighted by molar-refractivity contribution is 0.176.